The van der Waals surface area contributed by atoms with Crippen molar-refractivity contribution >= 4 is 33.4 Å². The van der Waals surface area contributed by atoms with E-state index < -0.39 is 11.6 Å². The summed E-state index contributed by atoms with van der Waals surface area (Å²) in [6.07, 6.45) is 0. The maximum atomic E-state index is 13.9. The lowest BCUT2D eigenvalue weighted by Crippen LogP contribution is -2.12. The van der Waals surface area contributed by atoms with Gasteiger partial charge in [0, 0.05) is 10.9 Å². The normalized spacial score (nSPS) is 11.1. The largest absolute Gasteiger partial charge is 0.489 e. The van der Waals surface area contributed by atoms with Gasteiger partial charge in [-0.15, -0.1) is 0 Å². The third-order valence-corrected chi connectivity index (χ3v) is 5.25. The lowest BCUT2D eigenvalue weighted by Gasteiger charge is -2.09. The van der Waals surface area contributed by atoms with Crippen LogP contribution < -0.4 is 10.1 Å². The minimum absolute atomic E-state index is 0.149. The number of rotatable bonds is 5. The van der Waals surface area contributed by atoms with Crippen LogP contribution in [0.2, 0.25) is 0 Å². The van der Waals surface area contributed by atoms with Crippen molar-refractivity contribution in [3.05, 3.63) is 102 Å². The first kappa shape index (κ1) is 19.7. The highest BCUT2D eigenvalue weighted by Gasteiger charge is 2.15. The van der Waals surface area contributed by atoms with Crippen molar-refractivity contribution in [2.24, 2.45) is 0 Å². The fraction of sp³-hybridized carbons (Fsp3) is 0.0400. The number of carbonyl (C=O) groups excluding carboxylic acids is 1. The summed E-state index contributed by atoms with van der Waals surface area (Å²) in [5.41, 5.74) is 1.06. The van der Waals surface area contributed by atoms with Crippen molar-refractivity contribution in [2.75, 3.05) is 5.32 Å². The molecule has 5 nitrogen and oxygen atoms in total. The number of aromatic nitrogens is 2. The van der Waals surface area contributed by atoms with E-state index in [-0.39, 0.29) is 18.1 Å². The molecule has 1 aromatic heterocycles. The molecule has 0 aliphatic heterocycles. The number of fused-ring (bicyclic) bond motifs is 2. The van der Waals surface area contributed by atoms with E-state index in [0.29, 0.717) is 28.0 Å². The van der Waals surface area contributed by atoms with Gasteiger partial charge in [0.1, 0.15) is 24.0 Å². The van der Waals surface area contributed by atoms with Crippen LogP contribution in [0.3, 0.4) is 0 Å². The Kier molecular flexibility index (Phi) is 4.99. The summed E-state index contributed by atoms with van der Waals surface area (Å²) in [4.78, 5) is 13.0. The first-order chi connectivity index (χ1) is 15.6. The summed E-state index contributed by atoms with van der Waals surface area (Å²) < 4.78 is 33.3. The van der Waals surface area contributed by atoms with E-state index in [1.54, 1.807) is 24.3 Å². The zero-order valence-electron chi connectivity index (χ0n) is 16.7. The first-order valence-corrected chi connectivity index (χ1v) is 9.93. The SMILES string of the molecule is O=C(Nc1n[nH]c2ccc(OCc3c(F)cccc3F)cc12)c1cccc2ccccc12. The van der Waals surface area contributed by atoms with Crippen LogP contribution in [-0.4, -0.2) is 16.1 Å². The molecule has 7 heteroatoms. The van der Waals surface area contributed by atoms with E-state index in [4.69, 9.17) is 4.74 Å². The van der Waals surface area contributed by atoms with Crippen molar-refractivity contribution < 1.29 is 18.3 Å². The predicted molar refractivity (Wildman–Crippen MR) is 119 cm³/mol. The molecule has 0 radical (unpaired) electrons. The Bertz CT molecular complexity index is 1440. The second-order valence-corrected chi connectivity index (χ2v) is 7.25. The maximum absolute atomic E-state index is 13.9. The molecule has 0 fully saturated rings. The minimum Gasteiger partial charge on any atom is -0.489 e. The Balaban J connectivity index is 1.41. The molecule has 0 atom stereocenters. The van der Waals surface area contributed by atoms with E-state index in [1.807, 2.05) is 36.4 Å². The standard InChI is InChI=1S/C25H17F2N3O2/c26-21-9-4-10-22(27)20(21)14-32-16-11-12-23-19(13-16)24(30-29-23)28-25(31)18-8-3-6-15-5-1-2-7-17(15)18/h1-13H,14H2,(H2,28,29,30,31). The van der Waals surface area contributed by atoms with Crippen LogP contribution in [0.1, 0.15) is 15.9 Å². The molecule has 0 saturated carbocycles. The first-order valence-electron chi connectivity index (χ1n) is 9.93. The molecule has 0 bridgehead atoms. The molecule has 1 amide bonds. The Hall–Kier alpha value is -4.26. The van der Waals surface area contributed by atoms with Crippen LogP contribution in [0.25, 0.3) is 21.7 Å². The Morgan fingerprint density at radius 3 is 2.50 bits per heavy atom. The van der Waals surface area contributed by atoms with Gasteiger partial charge in [-0.2, -0.15) is 5.10 Å². The van der Waals surface area contributed by atoms with Crippen LogP contribution >= 0.6 is 0 Å². The maximum Gasteiger partial charge on any atom is 0.257 e. The predicted octanol–water partition coefficient (Wildman–Crippen LogP) is 5.83. The smallest absolute Gasteiger partial charge is 0.257 e. The topological polar surface area (TPSA) is 67.0 Å². The molecule has 158 valence electrons. The molecule has 5 rings (SSSR count). The van der Waals surface area contributed by atoms with Crippen molar-refractivity contribution in [1.82, 2.24) is 10.2 Å². The number of aromatic amines is 1. The lowest BCUT2D eigenvalue weighted by molar-refractivity contribution is 0.102. The highest BCUT2D eigenvalue weighted by molar-refractivity contribution is 6.14. The second kappa shape index (κ2) is 8.11. The number of nitrogens with one attached hydrogen (secondary N) is 2. The lowest BCUT2D eigenvalue weighted by atomic mass is 10.0. The van der Waals surface area contributed by atoms with Gasteiger partial charge < -0.3 is 10.1 Å². The van der Waals surface area contributed by atoms with Crippen molar-refractivity contribution in [3.63, 3.8) is 0 Å². The van der Waals surface area contributed by atoms with Crippen molar-refractivity contribution in [1.29, 1.82) is 0 Å². The van der Waals surface area contributed by atoms with Gasteiger partial charge in [-0.1, -0.05) is 42.5 Å². The van der Waals surface area contributed by atoms with Crippen LogP contribution in [-0.2, 0) is 6.61 Å². The molecule has 1 heterocycles. The molecular weight excluding hydrogens is 412 g/mol. The molecule has 0 spiro atoms. The second-order valence-electron chi connectivity index (χ2n) is 7.25. The van der Waals surface area contributed by atoms with Crippen molar-refractivity contribution in [3.8, 4) is 5.75 Å². The monoisotopic (exact) mass is 429 g/mol. The molecule has 0 aliphatic carbocycles. The van der Waals surface area contributed by atoms with Crippen LogP contribution in [0.15, 0.2) is 78.9 Å². The molecule has 5 aromatic rings. The summed E-state index contributed by atoms with van der Waals surface area (Å²) in [7, 11) is 0. The molecule has 2 N–H and O–H groups in total. The number of nitrogens with zero attached hydrogens (tertiary/aromatic N) is 1. The van der Waals surface area contributed by atoms with E-state index in [0.717, 1.165) is 10.8 Å². The minimum atomic E-state index is -0.669. The Morgan fingerprint density at radius 2 is 1.66 bits per heavy atom. The van der Waals surface area contributed by atoms with Crippen LogP contribution in [0, 0.1) is 11.6 Å². The number of hydrogen-bond donors (Lipinski definition) is 2. The zero-order chi connectivity index (χ0) is 22.1. The number of hydrogen-bond acceptors (Lipinski definition) is 3. The fourth-order valence-electron chi connectivity index (χ4n) is 3.60. The van der Waals surface area contributed by atoms with Gasteiger partial charge in [0.2, 0.25) is 0 Å². The van der Waals surface area contributed by atoms with E-state index in [2.05, 4.69) is 15.5 Å². The molecule has 0 aliphatic rings. The third-order valence-electron chi connectivity index (χ3n) is 5.25. The summed E-state index contributed by atoms with van der Waals surface area (Å²) in [6.45, 7) is -0.264. The summed E-state index contributed by atoms with van der Waals surface area (Å²) in [6, 6.07) is 21.9. The number of halogens is 2. The summed E-state index contributed by atoms with van der Waals surface area (Å²) in [5, 5.41) is 12.3. The summed E-state index contributed by atoms with van der Waals surface area (Å²) >= 11 is 0. The number of carbonyl (C=O) groups is 1. The van der Waals surface area contributed by atoms with Gasteiger partial charge in [0.25, 0.3) is 5.91 Å². The van der Waals surface area contributed by atoms with E-state index in [9.17, 15) is 13.6 Å². The Morgan fingerprint density at radius 1 is 0.906 bits per heavy atom. The quantitative estimate of drug-likeness (QED) is 0.370. The number of ether oxygens (including phenoxy) is 1. The molecule has 0 unspecified atom stereocenters. The summed E-state index contributed by atoms with van der Waals surface area (Å²) in [5.74, 6) is -0.910. The van der Waals surface area contributed by atoms with Crippen LogP contribution in [0.4, 0.5) is 14.6 Å². The van der Waals surface area contributed by atoms with Gasteiger partial charge >= 0.3 is 0 Å². The molecule has 32 heavy (non-hydrogen) atoms. The Labute approximate surface area is 181 Å². The van der Waals surface area contributed by atoms with Gasteiger partial charge in [0.15, 0.2) is 5.82 Å². The van der Waals surface area contributed by atoms with E-state index >= 15 is 0 Å². The molecule has 4 aromatic carbocycles. The van der Waals surface area contributed by atoms with E-state index in [1.165, 1.54) is 18.2 Å². The highest BCUT2D eigenvalue weighted by Crippen LogP contribution is 2.27. The zero-order valence-corrected chi connectivity index (χ0v) is 16.7. The average Bonchev–Trinajstić information content (AvgIpc) is 3.20. The highest BCUT2D eigenvalue weighted by atomic mass is 19.1. The number of amides is 1. The average molecular weight is 429 g/mol. The van der Waals surface area contributed by atoms with Gasteiger partial charge in [0.05, 0.1) is 11.1 Å². The van der Waals surface area contributed by atoms with Gasteiger partial charge in [-0.3, -0.25) is 9.89 Å². The third kappa shape index (κ3) is 3.65. The fourth-order valence-corrected chi connectivity index (χ4v) is 3.60. The molecule has 0 saturated heterocycles. The number of benzene rings is 4. The molecular formula is C25H17F2N3O2. The van der Waals surface area contributed by atoms with Crippen LogP contribution in [0.5, 0.6) is 5.75 Å². The number of anilines is 1. The van der Waals surface area contributed by atoms with Crippen molar-refractivity contribution in [2.45, 2.75) is 6.61 Å². The van der Waals surface area contributed by atoms with Gasteiger partial charge in [-0.05, 0) is 47.2 Å². The number of H-pyrrole nitrogens is 1. The van der Waals surface area contributed by atoms with Gasteiger partial charge in [-0.25, -0.2) is 8.78 Å².